The highest BCUT2D eigenvalue weighted by Gasteiger charge is 2.44. The highest BCUT2D eigenvalue weighted by atomic mass is 32.2. The first-order chi connectivity index (χ1) is 14.3. The van der Waals surface area contributed by atoms with Crippen molar-refractivity contribution in [2.45, 2.75) is 57.1 Å². The normalized spacial score (nSPS) is 22.5. The van der Waals surface area contributed by atoms with E-state index in [4.69, 9.17) is 9.47 Å². The molecular weight excluding hydrogens is 428 g/mol. The van der Waals surface area contributed by atoms with Crippen molar-refractivity contribution in [2.75, 3.05) is 26.0 Å². The molecule has 1 aliphatic heterocycles. The molecule has 2 atom stereocenters. The molecule has 1 amide bonds. The Labute approximate surface area is 182 Å². The summed E-state index contributed by atoms with van der Waals surface area (Å²) >= 11 is 0. The molecular formula is C22H31F2NO5S. The van der Waals surface area contributed by atoms with Gasteiger partial charge in [-0.2, -0.15) is 0 Å². The molecule has 0 aromatic heterocycles. The van der Waals surface area contributed by atoms with Crippen LogP contribution in [-0.2, 0) is 25.9 Å². The monoisotopic (exact) mass is 459 g/mol. The van der Waals surface area contributed by atoms with Gasteiger partial charge in [0.15, 0.2) is 9.84 Å². The summed E-state index contributed by atoms with van der Waals surface area (Å²) in [6.45, 7) is 7.47. The molecule has 9 heteroatoms. The van der Waals surface area contributed by atoms with Gasteiger partial charge in [0.1, 0.15) is 22.1 Å². The summed E-state index contributed by atoms with van der Waals surface area (Å²) in [7, 11) is -3.97. The van der Waals surface area contributed by atoms with E-state index >= 15 is 0 Å². The molecule has 3 rings (SSSR count). The molecule has 1 aromatic carbocycles. The van der Waals surface area contributed by atoms with Gasteiger partial charge in [-0.1, -0.05) is 0 Å². The largest absolute Gasteiger partial charge is 0.444 e. The number of likely N-dealkylation sites (tertiary alicyclic amines) is 1. The molecule has 1 saturated heterocycles. The van der Waals surface area contributed by atoms with Crippen LogP contribution in [0.5, 0.6) is 0 Å². The summed E-state index contributed by atoms with van der Waals surface area (Å²) in [4.78, 5) is 13.0. The Kier molecular flexibility index (Phi) is 6.96. The minimum Gasteiger partial charge on any atom is -0.444 e. The number of carbonyl (C=O) groups excluding carboxylic acids is 1. The third-order valence-corrected chi connectivity index (χ3v) is 6.94. The van der Waals surface area contributed by atoms with Crippen LogP contribution in [0.1, 0.15) is 45.6 Å². The number of carbonyl (C=O) groups is 1. The third-order valence-electron chi connectivity index (χ3n) is 5.80. The summed E-state index contributed by atoms with van der Waals surface area (Å²) in [5.41, 5.74) is -0.227. The number of piperidine rings is 1. The number of ether oxygens (including phenoxy) is 2. The van der Waals surface area contributed by atoms with Crippen LogP contribution in [0.4, 0.5) is 13.6 Å². The maximum atomic E-state index is 14.0. The average Bonchev–Trinajstić information content (AvgIpc) is 3.38. The van der Waals surface area contributed by atoms with E-state index in [0.717, 1.165) is 37.7 Å². The second-order valence-corrected chi connectivity index (χ2v) is 11.6. The number of benzene rings is 1. The van der Waals surface area contributed by atoms with Crippen molar-refractivity contribution in [3.05, 3.63) is 29.3 Å². The summed E-state index contributed by atoms with van der Waals surface area (Å²) in [6, 6.07) is 2.02. The lowest BCUT2D eigenvalue weighted by molar-refractivity contribution is 0.0170. The Bertz CT molecular complexity index is 897. The van der Waals surface area contributed by atoms with Gasteiger partial charge in [-0.15, -0.1) is 0 Å². The number of rotatable bonds is 6. The van der Waals surface area contributed by atoms with E-state index < -0.39 is 32.0 Å². The van der Waals surface area contributed by atoms with E-state index in [0.29, 0.717) is 37.5 Å². The molecule has 0 N–H and O–H groups in total. The van der Waals surface area contributed by atoms with Crippen molar-refractivity contribution < 1.29 is 31.5 Å². The predicted molar refractivity (Wildman–Crippen MR) is 111 cm³/mol. The molecule has 1 heterocycles. The van der Waals surface area contributed by atoms with Gasteiger partial charge in [0.05, 0.1) is 13.2 Å². The summed E-state index contributed by atoms with van der Waals surface area (Å²) < 4.78 is 62.0. The molecule has 2 unspecified atom stereocenters. The maximum Gasteiger partial charge on any atom is 0.410 e. The fourth-order valence-corrected chi connectivity index (χ4v) is 5.08. The van der Waals surface area contributed by atoms with Gasteiger partial charge in [-0.05, 0) is 75.5 Å². The Morgan fingerprint density at radius 3 is 2.26 bits per heavy atom. The zero-order chi connectivity index (χ0) is 23.0. The predicted octanol–water partition coefficient (Wildman–Crippen LogP) is 4.17. The quantitative estimate of drug-likeness (QED) is 0.639. The highest BCUT2D eigenvalue weighted by molar-refractivity contribution is 7.90. The topological polar surface area (TPSA) is 72.9 Å². The van der Waals surface area contributed by atoms with Gasteiger partial charge in [-0.3, -0.25) is 0 Å². The highest BCUT2D eigenvalue weighted by Crippen LogP contribution is 2.48. The van der Waals surface area contributed by atoms with Gasteiger partial charge in [0, 0.05) is 19.3 Å². The molecule has 6 nitrogen and oxygen atoms in total. The molecule has 0 spiro atoms. The van der Waals surface area contributed by atoms with E-state index in [1.165, 1.54) is 0 Å². The van der Waals surface area contributed by atoms with Crippen LogP contribution in [-0.4, -0.2) is 51.0 Å². The van der Waals surface area contributed by atoms with Crippen molar-refractivity contribution in [1.82, 2.24) is 4.90 Å². The van der Waals surface area contributed by atoms with Crippen molar-refractivity contribution >= 4 is 15.9 Å². The van der Waals surface area contributed by atoms with Crippen molar-refractivity contribution in [2.24, 2.45) is 17.8 Å². The van der Waals surface area contributed by atoms with Gasteiger partial charge >= 0.3 is 6.09 Å². The summed E-state index contributed by atoms with van der Waals surface area (Å²) in [5.74, 6) is -0.703. The first-order valence-corrected chi connectivity index (χ1v) is 12.5. The van der Waals surface area contributed by atoms with E-state index in [1.54, 1.807) is 4.90 Å². The van der Waals surface area contributed by atoms with Crippen molar-refractivity contribution in [3.8, 4) is 0 Å². The van der Waals surface area contributed by atoms with Crippen LogP contribution in [0.15, 0.2) is 17.0 Å². The minimum absolute atomic E-state index is 0.0260. The van der Waals surface area contributed by atoms with Crippen LogP contribution in [0, 0.1) is 29.4 Å². The molecule has 1 aliphatic carbocycles. The number of halogens is 2. The fourth-order valence-electron chi connectivity index (χ4n) is 4.25. The minimum atomic E-state index is -3.97. The molecule has 0 bridgehead atoms. The van der Waals surface area contributed by atoms with Crippen LogP contribution in [0.3, 0.4) is 0 Å². The SMILES string of the molecule is CC(C)(C)OC(=O)N1CCC(C2CC2COCc2cc(F)c(S(C)(=O)=O)c(F)c2)CC1. The van der Waals surface area contributed by atoms with E-state index in [2.05, 4.69) is 0 Å². The Morgan fingerprint density at radius 2 is 1.74 bits per heavy atom. The summed E-state index contributed by atoms with van der Waals surface area (Å²) in [6.07, 6.45) is 3.43. The molecule has 2 aliphatic rings. The first-order valence-electron chi connectivity index (χ1n) is 10.6. The molecule has 0 radical (unpaired) electrons. The van der Waals surface area contributed by atoms with Gasteiger partial charge in [0.2, 0.25) is 0 Å². The number of hydrogen-bond donors (Lipinski definition) is 0. The number of nitrogens with zero attached hydrogens (tertiary/aromatic N) is 1. The third kappa shape index (κ3) is 6.38. The van der Waals surface area contributed by atoms with E-state index in [1.807, 2.05) is 20.8 Å². The van der Waals surface area contributed by atoms with Crippen molar-refractivity contribution in [1.29, 1.82) is 0 Å². The number of amides is 1. The lowest BCUT2D eigenvalue weighted by Crippen LogP contribution is -2.42. The Morgan fingerprint density at radius 1 is 1.16 bits per heavy atom. The second kappa shape index (κ2) is 9.02. The molecule has 1 aromatic rings. The van der Waals surface area contributed by atoms with Crippen LogP contribution in [0.2, 0.25) is 0 Å². The van der Waals surface area contributed by atoms with Gasteiger partial charge in [-0.25, -0.2) is 22.0 Å². The molecule has 2 fully saturated rings. The Hall–Kier alpha value is -1.74. The summed E-state index contributed by atoms with van der Waals surface area (Å²) in [5, 5.41) is 0. The zero-order valence-electron chi connectivity index (χ0n) is 18.5. The van der Waals surface area contributed by atoms with Gasteiger partial charge in [0.25, 0.3) is 0 Å². The van der Waals surface area contributed by atoms with Crippen LogP contribution >= 0.6 is 0 Å². The fraction of sp³-hybridized carbons (Fsp3) is 0.682. The standard InChI is InChI=1S/C22H31F2NO5S/c1-22(2,3)30-21(26)25-7-5-15(6-8-25)17-11-16(17)13-29-12-14-9-18(23)20(19(24)10-14)31(4,27)28/h9-10,15-17H,5-8,11-13H2,1-4H3. The zero-order valence-corrected chi connectivity index (χ0v) is 19.3. The average molecular weight is 460 g/mol. The first kappa shape index (κ1) is 23.9. The van der Waals surface area contributed by atoms with E-state index in [9.17, 15) is 22.0 Å². The molecule has 174 valence electrons. The number of hydrogen-bond acceptors (Lipinski definition) is 5. The second-order valence-electron chi connectivity index (χ2n) is 9.64. The maximum absolute atomic E-state index is 14.0. The van der Waals surface area contributed by atoms with Gasteiger partial charge < -0.3 is 14.4 Å². The number of sulfone groups is 1. The molecule has 31 heavy (non-hydrogen) atoms. The van der Waals surface area contributed by atoms with Crippen LogP contribution < -0.4 is 0 Å². The lowest BCUT2D eigenvalue weighted by atomic mass is 9.91. The lowest BCUT2D eigenvalue weighted by Gasteiger charge is -2.33. The van der Waals surface area contributed by atoms with Crippen molar-refractivity contribution in [3.63, 3.8) is 0 Å². The van der Waals surface area contributed by atoms with E-state index in [-0.39, 0.29) is 18.3 Å². The van der Waals surface area contributed by atoms with Crippen LogP contribution in [0.25, 0.3) is 0 Å². The molecule has 1 saturated carbocycles. The smallest absolute Gasteiger partial charge is 0.410 e. The Balaban J connectivity index is 1.42.